The predicted octanol–water partition coefficient (Wildman–Crippen LogP) is 4.15. The van der Waals surface area contributed by atoms with Crippen LogP contribution < -0.4 is 0 Å². The summed E-state index contributed by atoms with van der Waals surface area (Å²) in [6.07, 6.45) is 6.46. The molecule has 0 saturated heterocycles. The molecule has 0 aliphatic heterocycles. The molecule has 192 valence electrons. The number of ether oxygens (including phenoxy) is 3. The van der Waals surface area contributed by atoms with Gasteiger partial charge in [-0.1, -0.05) is 66.2 Å². The van der Waals surface area contributed by atoms with Crippen molar-refractivity contribution in [2.45, 2.75) is 104 Å². The third-order valence-corrected chi connectivity index (χ3v) is 5.30. The van der Waals surface area contributed by atoms with Crippen molar-refractivity contribution in [3.8, 4) is 0 Å². The number of carbonyl (C=O) groups excluding carboxylic acids is 4. The Morgan fingerprint density at radius 1 is 0.788 bits per heavy atom. The maximum absolute atomic E-state index is 12.8. The number of esters is 3. The molecule has 1 N–H and O–H groups in total. The zero-order valence-electron chi connectivity index (χ0n) is 21.2. The number of aliphatic hydroxyl groups is 1. The molecule has 0 radical (unpaired) electrons. The van der Waals surface area contributed by atoms with Crippen LogP contribution in [0, 0.1) is 11.8 Å². The van der Waals surface area contributed by atoms with E-state index in [9.17, 15) is 24.3 Å². The summed E-state index contributed by atoms with van der Waals surface area (Å²) in [5, 5.41) is 11.2. The highest BCUT2D eigenvalue weighted by molar-refractivity contribution is 6.05. The molecule has 0 aromatic rings. The van der Waals surface area contributed by atoms with Crippen molar-refractivity contribution in [3.63, 3.8) is 0 Å². The van der Waals surface area contributed by atoms with Crippen LogP contribution in [0.4, 0.5) is 0 Å². The van der Waals surface area contributed by atoms with Gasteiger partial charge in [0.1, 0.15) is 5.78 Å². The maximum atomic E-state index is 12.8. The van der Waals surface area contributed by atoms with Crippen LogP contribution in [0.2, 0.25) is 0 Å². The Kier molecular flexibility index (Phi) is 16.5. The van der Waals surface area contributed by atoms with Crippen molar-refractivity contribution < 1.29 is 38.5 Å². The number of carbonyl (C=O) groups is 4. The molecule has 0 aliphatic rings. The van der Waals surface area contributed by atoms with Gasteiger partial charge in [0.25, 0.3) is 0 Å². The van der Waals surface area contributed by atoms with Gasteiger partial charge in [-0.15, -0.1) is 0 Å². The van der Waals surface area contributed by atoms with Crippen molar-refractivity contribution in [1.82, 2.24) is 0 Å². The molecule has 0 rings (SSSR count). The summed E-state index contributed by atoms with van der Waals surface area (Å²) in [6, 6.07) is 0. The molecule has 33 heavy (non-hydrogen) atoms. The van der Waals surface area contributed by atoms with Gasteiger partial charge in [0, 0.05) is 0 Å². The molecule has 0 saturated carbocycles. The van der Waals surface area contributed by atoms with E-state index >= 15 is 0 Å². The van der Waals surface area contributed by atoms with Gasteiger partial charge in [-0.3, -0.25) is 14.4 Å². The molecule has 0 heterocycles. The van der Waals surface area contributed by atoms with Gasteiger partial charge in [-0.05, 0) is 32.1 Å². The first-order valence-electron chi connectivity index (χ1n) is 12.3. The number of unbranched alkanes of at least 4 members (excludes halogenated alkanes) is 5. The molecule has 8 heteroatoms. The van der Waals surface area contributed by atoms with E-state index in [0.29, 0.717) is 25.2 Å². The first-order chi connectivity index (χ1) is 15.6. The van der Waals surface area contributed by atoms with Crippen LogP contribution in [0.5, 0.6) is 0 Å². The van der Waals surface area contributed by atoms with Crippen LogP contribution in [0.15, 0.2) is 0 Å². The van der Waals surface area contributed by atoms with Crippen molar-refractivity contribution in [1.29, 1.82) is 0 Å². The van der Waals surface area contributed by atoms with Gasteiger partial charge >= 0.3 is 17.9 Å². The molecule has 2 unspecified atom stereocenters. The van der Waals surface area contributed by atoms with Gasteiger partial charge in [0.2, 0.25) is 0 Å². The fourth-order valence-corrected chi connectivity index (χ4v) is 3.29. The van der Waals surface area contributed by atoms with Crippen molar-refractivity contribution in [2.75, 3.05) is 19.8 Å². The van der Waals surface area contributed by atoms with Crippen LogP contribution >= 0.6 is 0 Å². The van der Waals surface area contributed by atoms with Gasteiger partial charge in [0.15, 0.2) is 11.5 Å². The predicted molar refractivity (Wildman–Crippen MR) is 124 cm³/mol. The van der Waals surface area contributed by atoms with Crippen LogP contribution in [-0.2, 0) is 33.4 Å². The van der Waals surface area contributed by atoms with E-state index in [1.807, 2.05) is 13.8 Å². The van der Waals surface area contributed by atoms with Crippen LogP contribution in [0.3, 0.4) is 0 Å². The first kappa shape index (κ1) is 31.0. The maximum Gasteiger partial charge on any atom is 0.340 e. The van der Waals surface area contributed by atoms with E-state index in [1.54, 1.807) is 0 Å². The van der Waals surface area contributed by atoms with Gasteiger partial charge in [0.05, 0.1) is 26.2 Å². The quantitative estimate of drug-likeness (QED) is 0.129. The second kappa shape index (κ2) is 17.5. The summed E-state index contributed by atoms with van der Waals surface area (Å²) in [5.74, 6) is -5.15. The molecular weight excluding hydrogens is 428 g/mol. The summed E-state index contributed by atoms with van der Waals surface area (Å²) in [4.78, 5) is 50.0. The SMILES string of the molecule is CCCCOC(=O)CC(O)(C(=O)OCCCCCCC(C)C)C(C(C)=O)C(=O)OCCCC. The van der Waals surface area contributed by atoms with Crippen LogP contribution in [0.1, 0.15) is 98.8 Å². The molecule has 0 aromatic heterocycles. The largest absolute Gasteiger partial charge is 0.466 e. The fourth-order valence-electron chi connectivity index (χ4n) is 3.29. The van der Waals surface area contributed by atoms with Gasteiger partial charge in [-0.2, -0.15) is 0 Å². The lowest BCUT2D eigenvalue weighted by Crippen LogP contribution is -2.55. The summed E-state index contributed by atoms with van der Waals surface area (Å²) in [7, 11) is 0. The highest BCUT2D eigenvalue weighted by Crippen LogP contribution is 2.27. The zero-order chi connectivity index (χ0) is 25.3. The Bertz CT molecular complexity index is 601. The van der Waals surface area contributed by atoms with Crippen molar-refractivity contribution in [3.05, 3.63) is 0 Å². The number of Topliss-reactive ketones (excluding diaryl/α,β-unsaturated/α-hetero) is 1. The van der Waals surface area contributed by atoms with E-state index in [-0.39, 0.29) is 19.8 Å². The Morgan fingerprint density at radius 3 is 1.88 bits per heavy atom. The normalized spacial score (nSPS) is 13.8. The average molecular weight is 473 g/mol. The Balaban J connectivity index is 5.28. The summed E-state index contributed by atoms with van der Waals surface area (Å²) in [5.41, 5.74) is -2.68. The van der Waals surface area contributed by atoms with Crippen molar-refractivity contribution >= 4 is 23.7 Å². The lowest BCUT2D eigenvalue weighted by molar-refractivity contribution is -0.187. The molecular formula is C25H44O8. The first-order valence-corrected chi connectivity index (χ1v) is 12.3. The van der Waals surface area contributed by atoms with E-state index in [2.05, 4.69) is 13.8 Å². The fraction of sp³-hybridized carbons (Fsp3) is 0.840. The van der Waals surface area contributed by atoms with Crippen LogP contribution in [0.25, 0.3) is 0 Å². The smallest absolute Gasteiger partial charge is 0.340 e. The number of hydrogen-bond acceptors (Lipinski definition) is 8. The lowest BCUT2D eigenvalue weighted by Gasteiger charge is -2.30. The average Bonchev–Trinajstić information content (AvgIpc) is 2.72. The summed E-state index contributed by atoms with van der Waals surface area (Å²) < 4.78 is 15.4. The second-order valence-corrected chi connectivity index (χ2v) is 8.97. The highest BCUT2D eigenvalue weighted by Gasteiger charge is 2.54. The molecule has 0 aromatic carbocycles. The minimum atomic E-state index is -2.68. The van der Waals surface area contributed by atoms with Crippen LogP contribution in [-0.4, -0.2) is 54.2 Å². The molecule has 8 nitrogen and oxygen atoms in total. The third kappa shape index (κ3) is 12.8. The van der Waals surface area contributed by atoms with E-state index in [4.69, 9.17) is 14.2 Å². The molecule has 0 fully saturated rings. The van der Waals surface area contributed by atoms with Gasteiger partial charge in [-0.25, -0.2) is 4.79 Å². The summed E-state index contributed by atoms with van der Waals surface area (Å²) in [6.45, 7) is 9.39. The zero-order valence-corrected chi connectivity index (χ0v) is 21.2. The topological polar surface area (TPSA) is 116 Å². The highest BCUT2D eigenvalue weighted by atomic mass is 16.6. The van der Waals surface area contributed by atoms with Gasteiger partial charge < -0.3 is 19.3 Å². The molecule has 0 bridgehead atoms. The van der Waals surface area contributed by atoms with E-state index in [0.717, 1.165) is 45.4 Å². The minimum absolute atomic E-state index is 0.0171. The van der Waals surface area contributed by atoms with Crippen molar-refractivity contribution in [2.24, 2.45) is 11.8 Å². The molecule has 0 aliphatic carbocycles. The van der Waals surface area contributed by atoms with E-state index in [1.165, 1.54) is 0 Å². The number of hydrogen-bond donors (Lipinski definition) is 1. The minimum Gasteiger partial charge on any atom is -0.466 e. The molecule has 0 spiro atoms. The molecule has 0 amide bonds. The number of rotatable bonds is 19. The number of ketones is 1. The molecule has 2 atom stereocenters. The standard InChI is InChI=1S/C25H44O8/c1-6-8-15-31-21(27)18-25(30,22(20(5)26)23(28)32-16-9-7-2)24(29)33-17-13-11-10-12-14-19(3)4/h19,22,30H,6-18H2,1-5H3. The second-order valence-electron chi connectivity index (χ2n) is 8.97. The monoisotopic (exact) mass is 472 g/mol. The Morgan fingerprint density at radius 2 is 1.33 bits per heavy atom. The van der Waals surface area contributed by atoms with E-state index < -0.39 is 41.6 Å². The lowest BCUT2D eigenvalue weighted by atomic mass is 9.81. The Labute approximate surface area is 198 Å². The Hall–Kier alpha value is -1.96. The summed E-state index contributed by atoms with van der Waals surface area (Å²) >= 11 is 0. The third-order valence-electron chi connectivity index (χ3n) is 5.30.